The number of hydrogen-bond donors (Lipinski definition) is 0. The third kappa shape index (κ3) is 4.34. The van der Waals surface area contributed by atoms with Crippen LogP contribution in [0.5, 0.6) is 0 Å². The lowest BCUT2D eigenvalue weighted by Crippen LogP contribution is -2.35. The Hall–Kier alpha value is -3.30. The highest BCUT2D eigenvalue weighted by Crippen LogP contribution is 2.39. The number of benzene rings is 2. The molecule has 1 saturated heterocycles. The van der Waals surface area contributed by atoms with Crippen molar-refractivity contribution >= 4 is 33.3 Å². The van der Waals surface area contributed by atoms with Gasteiger partial charge >= 0.3 is 12.5 Å². The lowest BCUT2D eigenvalue weighted by molar-refractivity contribution is 0.0392. The van der Waals surface area contributed by atoms with Crippen molar-refractivity contribution in [1.82, 2.24) is 9.55 Å². The van der Waals surface area contributed by atoms with E-state index >= 15 is 0 Å². The first-order chi connectivity index (χ1) is 16.1. The minimum absolute atomic E-state index is 0.00721. The van der Waals surface area contributed by atoms with Crippen LogP contribution in [0.15, 0.2) is 60.7 Å². The van der Waals surface area contributed by atoms with E-state index in [4.69, 9.17) is 9.47 Å². The lowest BCUT2D eigenvalue weighted by Gasteiger charge is -2.28. The Kier molecular flexibility index (Phi) is 6.06. The van der Waals surface area contributed by atoms with Gasteiger partial charge in [-0.3, -0.25) is 4.57 Å². The van der Waals surface area contributed by atoms with E-state index in [1.165, 1.54) is 11.3 Å². The van der Waals surface area contributed by atoms with Gasteiger partial charge in [0, 0.05) is 18.7 Å². The zero-order valence-corrected chi connectivity index (χ0v) is 18.4. The molecule has 2 aromatic heterocycles. The molecule has 1 aliphatic rings. The normalized spacial score (nSPS) is 14.2. The van der Waals surface area contributed by atoms with Crippen LogP contribution in [-0.2, 0) is 16.1 Å². The highest BCUT2D eigenvalue weighted by molar-refractivity contribution is 7.18. The summed E-state index contributed by atoms with van der Waals surface area (Å²) in [5.41, 5.74) is 2.67. The number of thiophene rings is 1. The third-order valence-corrected chi connectivity index (χ3v) is 6.67. The number of imidazole rings is 1. The smallest absolute Gasteiger partial charge is 0.348 e. The third-order valence-electron chi connectivity index (χ3n) is 5.49. The van der Waals surface area contributed by atoms with E-state index in [0.717, 1.165) is 33.8 Å². The van der Waals surface area contributed by atoms with Crippen LogP contribution in [0.2, 0.25) is 0 Å². The van der Waals surface area contributed by atoms with Crippen LogP contribution in [-0.4, -0.2) is 41.8 Å². The molecule has 0 saturated carbocycles. The van der Waals surface area contributed by atoms with Crippen LogP contribution >= 0.6 is 11.3 Å². The maximum Gasteiger partial charge on any atom is 0.348 e. The molecule has 3 heterocycles. The molecule has 4 aromatic rings. The van der Waals surface area contributed by atoms with Crippen LogP contribution in [0.4, 0.5) is 13.8 Å². The van der Waals surface area contributed by atoms with Crippen LogP contribution in [0.3, 0.4) is 0 Å². The summed E-state index contributed by atoms with van der Waals surface area (Å²) in [6, 6.07) is 18.2. The summed E-state index contributed by atoms with van der Waals surface area (Å²) in [5, 5.41) is 0.969. The summed E-state index contributed by atoms with van der Waals surface area (Å²) in [6.07, 6.45) is 0. The van der Waals surface area contributed by atoms with E-state index < -0.39 is 12.5 Å². The van der Waals surface area contributed by atoms with Crippen molar-refractivity contribution < 1.29 is 23.0 Å². The van der Waals surface area contributed by atoms with Gasteiger partial charge in [-0.1, -0.05) is 42.5 Å². The monoisotopic (exact) mass is 469 g/mol. The zero-order valence-electron chi connectivity index (χ0n) is 17.6. The Balaban J connectivity index is 1.42. The fourth-order valence-electron chi connectivity index (χ4n) is 3.92. The summed E-state index contributed by atoms with van der Waals surface area (Å²) < 4.78 is 39.0. The van der Waals surface area contributed by atoms with Gasteiger partial charge in [0.05, 0.1) is 29.2 Å². The number of esters is 1. The molecule has 0 bridgehead atoms. The largest absolute Gasteiger partial charge is 0.453 e. The van der Waals surface area contributed by atoms with Gasteiger partial charge in [0.15, 0.2) is 5.82 Å². The van der Waals surface area contributed by atoms with E-state index in [1.807, 2.05) is 36.4 Å². The predicted molar refractivity (Wildman–Crippen MR) is 123 cm³/mol. The Morgan fingerprint density at radius 2 is 1.82 bits per heavy atom. The second kappa shape index (κ2) is 9.29. The van der Waals surface area contributed by atoms with Crippen molar-refractivity contribution in [3.05, 3.63) is 71.4 Å². The fourth-order valence-corrected chi connectivity index (χ4v) is 5.05. The molecule has 1 fully saturated rings. The number of aromatic nitrogens is 2. The molecule has 0 N–H and O–H groups in total. The Bertz CT molecular complexity index is 1270. The summed E-state index contributed by atoms with van der Waals surface area (Å²) in [5.74, 6) is -0.558. The number of ether oxygens (including phenoxy) is 2. The molecular weight excluding hydrogens is 448 g/mol. The van der Waals surface area contributed by atoms with E-state index in [1.54, 1.807) is 24.3 Å². The molecule has 1 aliphatic heterocycles. The van der Waals surface area contributed by atoms with Crippen LogP contribution in [0, 0.1) is 0 Å². The van der Waals surface area contributed by atoms with E-state index in [9.17, 15) is 13.6 Å². The van der Waals surface area contributed by atoms with Gasteiger partial charge in [0.25, 0.3) is 0 Å². The van der Waals surface area contributed by atoms with Crippen molar-refractivity contribution in [1.29, 1.82) is 0 Å². The number of morpholine rings is 1. The molecule has 6 nitrogen and oxygen atoms in total. The van der Waals surface area contributed by atoms with E-state index in [-0.39, 0.29) is 12.4 Å². The number of carbonyl (C=O) groups is 1. The van der Waals surface area contributed by atoms with Gasteiger partial charge in [-0.2, -0.15) is 8.78 Å². The van der Waals surface area contributed by atoms with Gasteiger partial charge < -0.3 is 14.4 Å². The van der Waals surface area contributed by atoms with Crippen molar-refractivity contribution in [2.75, 3.05) is 31.2 Å². The Labute approximate surface area is 193 Å². The van der Waals surface area contributed by atoms with Crippen LogP contribution in [0.25, 0.3) is 22.2 Å². The molecule has 33 heavy (non-hydrogen) atoms. The SMILES string of the molecule is O=C(OCc1nc2ccccc2n1C(F)F)c1cc(-c2ccccc2)c(N2CCOCC2)s1. The second-order valence-corrected chi connectivity index (χ2v) is 8.57. The van der Waals surface area contributed by atoms with Crippen molar-refractivity contribution in [2.45, 2.75) is 13.2 Å². The second-order valence-electron chi connectivity index (χ2n) is 7.54. The standard InChI is InChI=1S/C24H21F2N3O3S/c25-24(26)29-19-9-5-4-8-18(19)27-21(29)15-32-23(30)20-14-17(16-6-2-1-3-7-16)22(33-20)28-10-12-31-13-11-28/h1-9,14,24H,10-13,15H2. The first-order valence-corrected chi connectivity index (χ1v) is 11.4. The average molecular weight is 470 g/mol. The first kappa shape index (κ1) is 21.5. The van der Waals surface area contributed by atoms with Gasteiger partial charge in [-0.15, -0.1) is 11.3 Å². The molecule has 0 amide bonds. The molecule has 9 heteroatoms. The minimum Gasteiger partial charge on any atom is -0.453 e. The van der Waals surface area contributed by atoms with E-state index in [2.05, 4.69) is 9.88 Å². The summed E-state index contributed by atoms with van der Waals surface area (Å²) in [6.45, 7) is -0.430. The van der Waals surface area contributed by atoms with E-state index in [0.29, 0.717) is 29.1 Å². The Morgan fingerprint density at radius 3 is 2.58 bits per heavy atom. The quantitative estimate of drug-likeness (QED) is 0.356. The summed E-state index contributed by atoms with van der Waals surface area (Å²) in [4.78, 5) is 19.8. The predicted octanol–water partition coefficient (Wildman–Crippen LogP) is 5.35. The Morgan fingerprint density at radius 1 is 1.09 bits per heavy atom. The number of alkyl halides is 2. The van der Waals surface area contributed by atoms with Crippen molar-refractivity contribution in [3.8, 4) is 11.1 Å². The van der Waals surface area contributed by atoms with Gasteiger partial charge in [0.1, 0.15) is 11.5 Å². The maximum absolute atomic E-state index is 13.7. The van der Waals surface area contributed by atoms with Crippen LogP contribution < -0.4 is 4.90 Å². The molecule has 2 aromatic carbocycles. The molecule has 5 rings (SSSR count). The molecule has 170 valence electrons. The lowest BCUT2D eigenvalue weighted by atomic mass is 10.1. The van der Waals surface area contributed by atoms with Gasteiger partial charge in [0.2, 0.25) is 0 Å². The number of carbonyl (C=O) groups excluding carboxylic acids is 1. The maximum atomic E-state index is 13.7. The highest BCUT2D eigenvalue weighted by atomic mass is 32.1. The summed E-state index contributed by atoms with van der Waals surface area (Å²) in [7, 11) is 0. The zero-order chi connectivity index (χ0) is 22.8. The number of hydrogen-bond acceptors (Lipinski definition) is 6. The number of nitrogens with zero attached hydrogens (tertiary/aromatic N) is 3. The number of fused-ring (bicyclic) bond motifs is 1. The molecule has 0 atom stereocenters. The number of para-hydroxylation sites is 2. The molecular formula is C24H21F2N3O3S. The fraction of sp³-hybridized carbons (Fsp3) is 0.250. The number of rotatable bonds is 6. The molecule has 0 aliphatic carbocycles. The van der Waals surface area contributed by atoms with Gasteiger partial charge in [-0.05, 0) is 23.8 Å². The molecule has 0 unspecified atom stereocenters. The first-order valence-electron chi connectivity index (χ1n) is 10.5. The topological polar surface area (TPSA) is 56.6 Å². The van der Waals surface area contributed by atoms with Crippen molar-refractivity contribution in [3.63, 3.8) is 0 Å². The number of anilines is 1. The average Bonchev–Trinajstić information content (AvgIpc) is 3.46. The highest BCUT2D eigenvalue weighted by Gasteiger charge is 2.24. The van der Waals surface area contributed by atoms with Crippen molar-refractivity contribution in [2.24, 2.45) is 0 Å². The minimum atomic E-state index is -2.79. The molecule has 0 radical (unpaired) electrons. The van der Waals surface area contributed by atoms with Gasteiger partial charge in [-0.25, -0.2) is 9.78 Å². The molecule has 0 spiro atoms. The number of halogens is 2. The summed E-state index contributed by atoms with van der Waals surface area (Å²) >= 11 is 1.34. The van der Waals surface area contributed by atoms with Crippen LogP contribution in [0.1, 0.15) is 22.0 Å².